The van der Waals surface area contributed by atoms with Gasteiger partial charge in [-0.1, -0.05) is 219 Å². The van der Waals surface area contributed by atoms with Gasteiger partial charge in [0.15, 0.2) is 0 Å². The predicted octanol–water partition coefficient (Wildman–Crippen LogP) is 20.4. The Morgan fingerprint density at radius 3 is 1.85 bits per heavy atom. The average molecular weight is 1310 g/mol. The molecule has 3 aromatic heterocycles. The Morgan fingerprint density at radius 1 is 0.488 bits per heavy atom. The monoisotopic (exact) mass is 1310 g/mol. The van der Waals surface area contributed by atoms with Crippen LogP contribution >= 0.6 is 0 Å². The number of para-hydroxylation sites is 2. The normalized spacial score (nSPS) is 14.4. The second-order valence-electron chi connectivity index (χ2n) is 25.3. The Morgan fingerprint density at radius 2 is 1.12 bits per heavy atom. The van der Waals surface area contributed by atoms with Crippen LogP contribution in [0.25, 0.3) is 117 Å². The Labute approximate surface area is 536 Å². The summed E-state index contributed by atoms with van der Waals surface area (Å²) in [4.78, 5) is 4.90. The zero-order valence-electron chi connectivity index (χ0n) is 60.3. The molecule has 0 fully saturated rings. The summed E-state index contributed by atoms with van der Waals surface area (Å²) in [5, 5.41) is 2.01. The van der Waals surface area contributed by atoms with Gasteiger partial charge in [-0.25, -0.2) is 4.98 Å². The zero-order valence-corrected chi connectivity index (χ0v) is 51.6. The smallest absolute Gasteiger partial charge is 0.268 e. The fourth-order valence-electron chi connectivity index (χ4n) is 12.2. The standard InChI is InChI=1S/C80H68N4O.Pt/c1-50-23-19-24-51(2)74(50)68-35-22-34-67-66-33-21-32-61(52-25-13-12-14-26-52)75(66)65-31-16-15-29-62(65)69-43-54(53-41-56(79(6,7)8)45-57(42-53)80(9,10)11)44-72-77(69)83(76(67)68)49-82(72)58-27-20-28-59(47-58)85-60-37-38-64-63-30-17-18-36-70(63)84(71(64)48-60)73-46-55(39-40-81-73)78(3,4)5;/h12-46H,1-11H3;/q-2;/i1D3,2D3,12D,13D,14D,25D,26D;. The molecule has 0 atom stereocenters. The largest absolute Gasteiger partial charge is 0.510 e. The van der Waals surface area contributed by atoms with Crippen molar-refractivity contribution in [3.8, 4) is 95.5 Å². The molecular formula is C80H68N4OPt-2. The molecule has 0 radical (unpaired) electrons. The van der Waals surface area contributed by atoms with Crippen molar-refractivity contribution in [2.75, 3.05) is 0 Å². The molecular weight excluding hydrogens is 1230 g/mol. The van der Waals surface area contributed by atoms with Gasteiger partial charge in [-0.3, -0.25) is 4.57 Å². The van der Waals surface area contributed by atoms with Crippen LogP contribution < -0.4 is 9.30 Å². The zero-order chi connectivity index (χ0) is 68.0. The van der Waals surface area contributed by atoms with Gasteiger partial charge in [0, 0.05) is 52.5 Å². The fourth-order valence-corrected chi connectivity index (χ4v) is 12.2. The van der Waals surface area contributed by atoms with Gasteiger partial charge in [0.1, 0.15) is 5.82 Å². The number of pyridine rings is 1. The minimum atomic E-state index is -2.81. The van der Waals surface area contributed by atoms with Crippen LogP contribution in [0.5, 0.6) is 11.5 Å². The maximum Gasteiger partial charge on any atom is 0.268 e. The average Bonchev–Trinajstić information content (AvgIpc) is 1.61. The molecule has 5 nitrogen and oxygen atoms in total. The summed E-state index contributed by atoms with van der Waals surface area (Å²) in [5.74, 6) is 1.54. The Hall–Kier alpha value is -8.89. The van der Waals surface area contributed by atoms with Gasteiger partial charge >= 0.3 is 0 Å². The summed E-state index contributed by atoms with van der Waals surface area (Å²) in [6.45, 7) is 14.1. The van der Waals surface area contributed by atoms with Crippen LogP contribution in [-0.4, -0.2) is 14.1 Å². The van der Waals surface area contributed by atoms with E-state index in [9.17, 15) is 2.74 Å². The Kier molecular flexibility index (Phi) is 11.0. The molecule has 1 aliphatic heterocycles. The molecule has 0 spiro atoms. The van der Waals surface area contributed by atoms with Crippen molar-refractivity contribution in [1.82, 2.24) is 14.1 Å². The van der Waals surface area contributed by atoms with Crippen LogP contribution in [0.1, 0.15) is 105 Å². The van der Waals surface area contributed by atoms with Gasteiger partial charge in [-0.2, -0.15) is 18.2 Å². The molecule has 4 heterocycles. The number of fused-ring (bicyclic) bond motifs is 10. The number of benzene rings is 10. The molecule has 86 heavy (non-hydrogen) atoms. The van der Waals surface area contributed by atoms with E-state index in [-0.39, 0.29) is 65.1 Å². The second-order valence-corrected chi connectivity index (χ2v) is 25.3. The van der Waals surface area contributed by atoms with Gasteiger partial charge in [0.25, 0.3) is 6.33 Å². The van der Waals surface area contributed by atoms with E-state index in [2.05, 4.69) is 134 Å². The summed E-state index contributed by atoms with van der Waals surface area (Å²) in [7, 11) is 0. The van der Waals surface area contributed by atoms with E-state index >= 15 is 0 Å². The molecule has 10 aromatic carbocycles. The number of rotatable bonds is 7. The first-order valence-electron chi connectivity index (χ1n) is 34.3. The van der Waals surface area contributed by atoms with Crippen molar-refractivity contribution in [2.45, 2.75) is 92.3 Å². The summed E-state index contributed by atoms with van der Waals surface area (Å²) in [5.41, 5.74) is 12.2. The number of hydrogen-bond acceptors (Lipinski definition) is 2. The van der Waals surface area contributed by atoms with E-state index in [0.29, 0.717) is 72.9 Å². The third-order valence-electron chi connectivity index (χ3n) is 16.6. The Bertz CT molecular complexity index is 5300. The first-order valence-corrected chi connectivity index (χ1v) is 28.8. The van der Waals surface area contributed by atoms with E-state index < -0.39 is 43.9 Å². The van der Waals surface area contributed by atoms with Gasteiger partial charge in [-0.15, -0.1) is 29.7 Å². The number of ether oxygens (including phenoxy) is 1. The van der Waals surface area contributed by atoms with Gasteiger partial charge in [0.05, 0.1) is 23.6 Å². The first kappa shape index (κ1) is 44.6. The van der Waals surface area contributed by atoms with Crippen molar-refractivity contribution in [2.24, 2.45) is 0 Å². The molecule has 6 heteroatoms. The molecule has 0 N–H and O–H groups in total. The van der Waals surface area contributed by atoms with Crippen LogP contribution in [0, 0.1) is 32.2 Å². The van der Waals surface area contributed by atoms with E-state index in [4.69, 9.17) is 22.1 Å². The molecule has 0 saturated carbocycles. The van der Waals surface area contributed by atoms with Crippen LogP contribution in [-0.2, 0) is 37.3 Å². The number of hydrogen-bond donors (Lipinski definition) is 0. The van der Waals surface area contributed by atoms with E-state index in [1.807, 2.05) is 100 Å². The van der Waals surface area contributed by atoms with Gasteiger partial charge in [-0.05, 0) is 160 Å². The van der Waals surface area contributed by atoms with E-state index in [1.165, 1.54) is 18.2 Å². The van der Waals surface area contributed by atoms with Crippen molar-refractivity contribution in [1.29, 1.82) is 0 Å². The number of aromatic nitrogens is 4. The molecule has 0 aliphatic carbocycles. The molecule has 1 aliphatic rings. The van der Waals surface area contributed by atoms with Crippen molar-refractivity contribution in [3.63, 3.8) is 0 Å². The molecule has 0 amide bonds. The molecule has 426 valence electrons. The minimum absolute atomic E-state index is 0. The fraction of sp³-hybridized carbons (Fsp3) is 0.175. The van der Waals surface area contributed by atoms with Gasteiger partial charge < -0.3 is 13.9 Å². The maximum absolute atomic E-state index is 9.48. The van der Waals surface area contributed by atoms with Crippen molar-refractivity contribution in [3.05, 3.63) is 259 Å². The second kappa shape index (κ2) is 21.3. The SMILES string of the molecule is [2H]c1c([2H])c([2H])c(-c2cccc3c2-c2ccccc2-c2cc(-c4cc(C(C)(C)C)cc(C(C)(C)C)c4)cc4c2[n+]([c-]n4-c2[c-]c(Oc4[c-]c5c(cc4)c4ccccc4n5-c4cc(C(C)(C)C)ccn4)ccc2)-c2c-3cccc2-c2c(C([2H])([2H])[2H])cccc2C([2H])([2H])[2H])c([2H])c1[2H].[Pt]. The molecule has 13 aromatic rings. The molecule has 0 bridgehead atoms. The van der Waals surface area contributed by atoms with E-state index in [1.54, 1.807) is 24.3 Å². The predicted molar refractivity (Wildman–Crippen MR) is 352 cm³/mol. The molecule has 14 rings (SSSR count). The van der Waals surface area contributed by atoms with Gasteiger partial charge in [0.2, 0.25) is 0 Å². The summed E-state index contributed by atoms with van der Waals surface area (Å²) >= 11 is 0. The molecule has 0 unspecified atom stereocenters. The van der Waals surface area contributed by atoms with Crippen LogP contribution in [0.4, 0.5) is 0 Å². The van der Waals surface area contributed by atoms with Crippen molar-refractivity contribution < 1.29 is 45.4 Å². The third kappa shape index (κ3) is 9.71. The molecule has 0 saturated heterocycles. The van der Waals surface area contributed by atoms with Crippen molar-refractivity contribution >= 4 is 32.8 Å². The summed E-state index contributed by atoms with van der Waals surface area (Å²) < 4.78 is 113. The van der Waals surface area contributed by atoms with Crippen LogP contribution in [0.3, 0.4) is 0 Å². The topological polar surface area (TPSA) is 35.9 Å². The summed E-state index contributed by atoms with van der Waals surface area (Å²) in [6, 6.07) is 61.0. The number of aryl methyl sites for hydroxylation is 2. The number of imidazole rings is 1. The summed E-state index contributed by atoms with van der Waals surface area (Å²) in [6.07, 6.45) is 5.66. The minimum Gasteiger partial charge on any atom is -0.510 e. The first-order chi connectivity index (χ1) is 45.4. The quantitative estimate of drug-likeness (QED) is 0.118. The maximum atomic E-state index is 9.48. The Balaban J connectivity index is 0.00000849. The number of nitrogens with zero attached hydrogens (tertiary/aromatic N) is 4. The third-order valence-corrected chi connectivity index (χ3v) is 16.6. The van der Waals surface area contributed by atoms with E-state index in [0.717, 1.165) is 55.4 Å². The van der Waals surface area contributed by atoms with Crippen LogP contribution in [0.2, 0.25) is 0 Å². The van der Waals surface area contributed by atoms with Crippen LogP contribution in [0.15, 0.2) is 212 Å².